The van der Waals surface area contributed by atoms with Crippen LogP contribution < -0.4 is 9.47 Å². The van der Waals surface area contributed by atoms with Gasteiger partial charge in [-0.05, 0) is 83.9 Å². The second-order valence-corrected chi connectivity index (χ2v) is 17.8. The first-order chi connectivity index (χ1) is 23.1. The van der Waals surface area contributed by atoms with E-state index in [0.29, 0.717) is 20.5 Å². The van der Waals surface area contributed by atoms with Gasteiger partial charge in [-0.3, -0.25) is 19.6 Å². The first-order valence-corrected chi connectivity index (χ1v) is 19.6. The van der Waals surface area contributed by atoms with E-state index in [0.717, 1.165) is 18.1 Å². The standard InChI is InChI=1S/C34H38F3IN2O8Si/c1-6-49(7-2,8-3)48-22(5)29-30-21(4)26(10-9-18-45-28-16-11-23(20-27(28)38)17-19-46-34(35,36)37)31(39(30)32(29)41)33(42)47-25-14-12-24(13-15-25)40(43)44/h11-16,20-22,29-30H,6-8,17-19H2,1-5H3/t21-,22+,29+,30+/m0/s1. The van der Waals surface area contributed by atoms with Gasteiger partial charge in [0.2, 0.25) is 5.91 Å². The van der Waals surface area contributed by atoms with Gasteiger partial charge in [0.1, 0.15) is 23.8 Å². The molecule has 2 aromatic carbocycles. The summed E-state index contributed by atoms with van der Waals surface area (Å²) in [7, 11) is -2.04. The molecule has 264 valence electrons. The topological polar surface area (TPSA) is 117 Å². The number of β-lactam (4-membered cyclic amide) rings is 1. The first-order valence-electron chi connectivity index (χ1n) is 16.0. The van der Waals surface area contributed by atoms with Gasteiger partial charge in [-0.2, -0.15) is 0 Å². The van der Waals surface area contributed by atoms with Gasteiger partial charge in [-0.15, -0.1) is 13.2 Å². The molecule has 0 unspecified atom stereocenters. The number of nitrogens with zero attached hydrogens (tertiary/aromatic N) is 2. The second kappa shape index (κ2) is 16.0. The lowest BCUT2D eigenvalue weighted by atomic mass is 9.78. The highest BCUT2D eigenvalue weighted by molar-refractivity contribution is 14.1. The zero-order chi connectivity index (χ0) is 36.1. The van der Waals surface area contributed by atoms with Crippen LogP contribution in [0.4, 0.5) is 18.9 Å². The number of non-ortho nitro benzene ring substituents is 1. The summed E-state index contributed by atoms with van der Waals surface area (Å²) < 4.78 is 59.5. The number of carbonyl (C=O) groups is 2. The Hall–Kier alpha value is -3.46. The van der Waals surface area contributed by atoms with Gasteiger partial charge in [-0.1, -0.05) is 45.6 Å². The van der Waals surface area contributed by atoms with Crippen LogP contribution in [0.1, 0.15) is 40.2 Å². The Bertz CT molecular complexity index is 1640. The number of rotatable bonds is 14. The van der Waals surface area contributed by atoms with E-state index in [-0.39, 0.29) is 54.1 Å². The number of amides is 1. The highest BCUT2D eigenvalue weighted by atomic mass is 127. The molecular formula is C34H38F3IN2O8Si. The molecule has 2 aromatic rings. The Morgan fingerprint density at radius 1 is 1.12 bits per heavy atom. The molecule has 0 aliphatic carbocycles. The van der Waals surface area contributed by atoms with E-state index >= 15 is 0 Å². The van der Waals surface area contributed by atoms with Crippen LogP contribution in [-0.4, -0.2) is 61.7 Å². The molecule has 4 rings (SSSR count). The fourth-order valence-corrected chi connectivity index (χ4v) is 9.98. The minimum Gasteiger partial charge on any atom is -0.480 e. The number of carbonyl (C=O) groups excluding carboxylic acids is 2. The molecule has 2 aliphatic rings. The summed E-state index contributed by atoms with van der Waals surface area (Å²) in [4.78, 5) is 39.3. The summed E-state index contributed by atoms with van der Waals surface area (Å²) in [6, 6.07) is 12.4. The molecule has 0 aromatic heterocycles. The number of esters is 1. The van der Waals surface area contributed by atoms with Crippen molar-refractivity contribution >= 4 is 48.5 Å². The Morgan fingerprint density at radius 2 is 1.78 bits per heavy atom. The molecular weight excluding hydrogens is 776 g/mol. The molecule has 0 N–H and O–H groups in total. The largest absolute Gasteiger partial charge is 0.522 e. The maximum atomic E-state index is 13.7. The highest BCUT2D eigenvalue weighted by Crippen LogP contribution is 2.48. The fraction of sp³-hybridized carbons (Fsp3) is 0.471. The number of nitro groups is 1. The molecule has 1 amide bonds. The summed E-state index contributed by atoms with van der Waals surface area (Å²) in [5.41, 5.74) is 0.900. The molecule has 2 heterocycles. The molecule has 0 spiro atoms. The third kappa shape index (κ3) is 8.83. The predicted octanol–water partition coefficient (Wildman–Crippen LogP) is 7.41. The quantitative estimate of drug-likeness (QED) is 0.0283. The number of nitro benzene ring substituents is 1. The number of hydrogen-bond donors (Lipinski definition) is 0. The first kappa shape index (κ1) is 38.3. The maximum Gasteiger partial charge on any atom is 0.522 e. The molecule has 1 saturated heterocycles. The van der Waals surface area contributed by atoms with Crippen molar-refractivity contribution in [2.45, 2.75) is 77.7 Å². The van der Waals surface area contributed by atoms with Crippen molar-refractivity contribution in [1.82, 2.24) is 4.90 Å². The predicted molar refractivity (Wildman–Crippen MR) is 185 cm³/mol. The van der Waals surface area contributed by atoms with Crippen molar-refractivity contribution < 1.29 is 46.3 Å². The average Bonchev–Trinajstić information content (AvgIpc) is 3.30. The SMILES string of the molecule is CC[Si](CC)(CC)O[C@H](C)[C@H]1C(=O)N2C(C(=O)Oc3ccc([N+](=O)[O-])cc3)=C(C#CCOc3ccc(CCOC(F)(F)F)cc3I)[C@H](C)[C@H]12. The van der Waals surface area contributed by atoms with Crippen molar-refractivity contribution in [2.75, 3.05) is 13.2 Å². The summed E-state index contributed by atoms with van der Waals surface area (Å²) in [5, 5.41) is 11.1. The van der Waals surface area contributed by atoms with Crippen LogP contribution in [0.15, 0.2) is 53.7 Å². The smallest absolute Gasteiger partial charge is 0.480 e. The summed E-state index contributed by atoms with van der Waals surface area (Å²) >= 11 is 2.02. The van der Waals surface area contributed by atoms with Gasteiger partial charge in [0.15, 0.2) is 8.32 Å². The zero-order valence-electron chi connectivity index (χ0n) is 27.8. The molecule has 4 atom stereocenters. The van der Waals surface area contributed by atoms with E-state index in [1.807, 2.05) is 36.4 Å². The normalized spacial score (nSPS) is 19.5. The van der Waals surface area contributed by atoms with Gasteiger partial charge in [0, 0.05) is 23.6 Å². The number of alkyl halides is 3. The van der Waals surface area contributed by atoms with Crippen molar-refractivity contribution in [1.29, 1.82) is 0 Å². The molecule has 2 aliphatic heterocycles. The van der Waals surface area contributed by atoms with E-state index in [9.17, 15) is 32.9 Å². The Morgan fingerprint density at radius 3 is 2.35 bits per heavy atom. The van der Waals surface area contributed by atoms with E-state index in [4.69, 9.17) is 13.9 Å². The van der Waals surface area contributed by atoms with Crippen molar-refractivity contribution in [3.63, 3.8) is 0 Å². The number of hydrogen-bond acceptors (Lipinski definition) is 8. The van der Waals surface area contributed by atoms with Crippen molar-refractivity contribution in [3.8, 4) is 23.3 Å². The summed E-state index contributed by atoms with van der Waals surface area (Å²) in [5.74, 6) is 4.64. The van der Waals surface area contributed by atoms with E-state index in [2.05, 4.69) is 37.3 Å². The lowest BCUT2D eigenvalue weighted by molar-refractivity contribution is -0.384. The minimum absolute atomic E-state index is 0.0156. The second-order valence-electron chi connectivity index (χ2n) is 11.9. The van der Waals surface area contributed by atoms with E-state index < -0.39 is 38.1 Å². The van der Waals surface area contributed by atoms with Crippen molar-refractivity contribution in [2.24, 2.45) is 11.8 Å². The average molecular weight is 815 g/mol. The van der Waals surface area contributed by atoms with Gasteiger partial charge in [0.25, 0.3) is 5.69 Å². The zero-order valence-corrected chi connectivity index (χ0v) is 30.9. The Kier molecular flexibility index (Phi) is 12.6. The molecule has 10 nitrogen and oxygen atoms in total. The van der Waals surface area contributed by atoms with Crippen LogP contribution in [0.2, 0.25) is 18.1 Å². The van der Waals surface area contributed by atoms with Crippen LogP contribution in [0.3, 0.4) is 0 Å². The van der Waals surface area contributed by atoms with Crippen molar-refractivity contribution in [3.05, 3.63) is 73.0 Å². The minimum atomic E-state index is -4.69. The number of halogens is 4. The molecule has 1 fully saturated rings. The van der Waals surface area contributed by atoms with Gasteiger partial charge >= 0.3 is 12.3 Å². The fourth-order valence-electron chi connectivity index (χ4n) is 6.31. The lowest BCUT2D eigenvalue weighted by Gasteiger charge is -2.49. The van der Waals surface area contributed by atoms with Gasteiger partial charge in [0.05, 0.1) is 33.2 Å². The molecule has 0 saturated carbocycles. The summed E-state index contributed by atoms with van der Waals surface area (Å²) in [6.45, 7) is 9.58. The molecule has 15 heteroatoms. The Labute approximate surface area is 297 Å². The van der Waals surface area contributed by atoms with Crippen LogP contribution in [-0.2, 0) is 25.2 Å². The monoisotopic (exact) mass is 814 g/mol. The summed E-state index contributed by atoms with van der Waals surface area (Å²) in [6.07, 6.45) is -4.98. The van der Waals surface area contributed by atoms with Gasteiger partial charge < -0.3 is 18.8 Å². The maximum absolute atomic E-state index is 13.7. The lowest BCUT2D eigenvalue weighted by Crippen LogP contribution is -2.65. The number of benzene rings is 2. The third-order valence-electron chi connectivity index (χ3n) is 9.15. The van der Waals surface area contributed by atoms with E-state index in [1.54, 1.807) is 18.2 Å². The van der Waals surface area contributed by atoms with Crippen LogP contribution in [0.25, 0.3) is 0 Å². The molecule has 0 bridgehead atoms. The van der Waals surface area contributed by atoms with E-state index in [1.165, 1.54) is 29.2 Å². The van der Waals surface area contributed by atoms with Crippen LogP contribution in [0, 0.1) is 37.4 Å². The van der Waals surface area contributed by atoms with Crippen LogP contribution in [0.5, 0.6) is 11.5 Å². The molecule has 0 radical (unpaired) electrons. The van der Waals surface area contributed by atoms with Crippen LogP contribution >= 0.6 is 22.6 Å². The molecule has 49 heavy (non-hydrogen) atoms. The van der Waals surface area contributed by atoms with Gasteiger partial charge in [-0.25, -0.2) is 4.79 Å². The highest BCUT2D eigenvalue weighted by Gasteiger charge is 2.61. The third-order valence-corrected chi connectivity index (χ3v) is 14.7. The number of fused-ring (bicyclic) bond motifs is 1. The number of ether oxygens (including phenoxy) is 3. The Balaban J connectivity index is 1.55.